The summed E-state index contributed by atoms with van der Waals surface area (Å²) in [5, 5.41) is 9.12. The zero-order chi connectivity index (χ0) is 22.3. The summed E-state index contributed by atoms with van der Waals surface area (Å²) >= 11 is 0. The van der Waals surface area contributed by atoms with Gasteiger partial charge in [0, 0.05) is 24.5 Å². The third-order valence-electron chi connectivity index (χ3n) is 5.73. The van der Waals surface area contributed by atoms with Gasteiger partial charge in [0.05, 0.1) is 23.7 Å². The first-order chi connectivity index (χ1) is 14.6. The highest BCUT2D eigenvalue weighted by Gasteiger charge is 2.35. The average Bonchev–Trinajstić information content (AvgIpc) is 2.64. The summed E-state index contributed by atoms with van der Waals surface area (Å²) in [6, 6.07) is 11.3. The van der Waals surface area contributed by atoms with E-state index in [9.17, 15) is 18.0 Å². The van der Waals surface area contributed by atoms with E-state index in [4.69, 9.17) is 9.84 Å². The van der Waals surface area contributed by atoms with Crippen LogP contribution in [0.15, 0.2) is 42.5 Å². The van der Waals surface area contributed by atoms with Crippen LogP contribution in [0.5, 0.6) is 5.75 Å². The van der Waals surface area contributed by atoms with E-state index < -0.39 is 17.7 Å². The molecule has 2 aliphatic rings. The molecular formula is C23H25F3N2O3. The number of hydrogen-bond donors (Lipinski definition) is 1. The highest BCUT2D eigenvalue weighted by molar-refractivity contribution is 5.77. The summed E-state index contributed by atoms with van der Waals surface area (Å²) in [5.74, 6) is -0.609. The fourth-order valence-corrected chi connectivity index (χ4v) is 4.12. The SMILES string of the molecule is CC(C)CC1CN(c2cccc(N3CC(C(=O)O)C3)c2)c2ccc(C(F)(F)F)cc2O1. The Morgan fingerprint density at radius 1 is 1.13 bits per heavy atom. The van der Waals surface area contributed by atoms with Crippen LogP contribution >= 0.6 is 0 Å². The molecule has 0 aliphatic carbocycles. The van der Waals surface area contributed by atoms with E-state index in [0.29, 0.717) is 31.2 Å². The molecule has 2 aromatic rings. The van der Waals surface area contributed by atoms with E-state index in [2.05, 4.69) is 13.8 Å². The number of ether oxygens (including phenoxy) is 1. The molecule has 1 fully saturated rings. The molecule has 1 N–H and O–H groups in total. The maximum atomic E-state index is 13.2. The summed E-state index contributed by atoms with van der Waals surface area (Å²) in [6.45, 7) is 5.53. The third kappa shape index (κ3) is 4.43. The van der Waals surface area contributed by atoms with Crippen molar-refractivity contribution in [2.24, 2.45) is 11.8 Å². The van der Waals surface area contributed by atoms with Gasteiger partial charge in [-0.25, -0.2) is 0 Å². The van der Waals surface area contributed by atoms with Crippen LogP contribution in [0.1, 0.15) is 25.8 Å². The lowest BCUT2D eigenvalue weighted by Crippen LogP contribution is -2.50. The number of halogens is 3. The van der Waals surface area contributed by atoms with Crippen LogP contribution in [0.25, 0.3) is 0 Å². The number of carboxylic acid groups (broad SMARTS) is 1. The first-order valence-corrected chi connectivity index (χ1v) is 10.3. The lowest BCUT2D eigenvalue weighted by atomic mass is 9.99. The quantitative estimate of drug-likeness (QED) is 0.704. The van der Waals surface area contributed by atoms with Crippen molar-refractivity contribution in [3.8, 4) is 5.75 Å². The maximum absolute atomic E-state index is 13.2. The Balaban J connectivity index is 1.66. The summed E-state index contributed by atoms with van der Waals surface area (Å²) in [6.07, 6.45) is -3.95. The number of aliphatic carboxylic acids is 1. The van der Waals surface area contributed by atoms with Crippen molar-refractivity contribution in [1.82, 2.24) is 0 Å². The molecule has 0 saturated carbocycles. The zero-order valence-corrected chi connectivity index (χ0v) is 17.4. The van der Waals surface area contributed by atoms with Crippen molar-refractivity contribution in [1.29, 1.82) is 0 Å². The van der Waals surface area contributed by atoms with E-state index in [0.717, 1.165) is 29.9 Å². The Kier molecular flexibility index (Phi) is 5.49. The van der Waals surface area contributed by atoms with E-state index >= 15 is 0 Å². The number of carbonyl (C=O) groups is 1. The Morgan fingerprint density at radius 3 is 2.48 bits per heavy atom. The lowest BCUT2D eigenvalue weighted by molar-refractivity contribution is -0.142. The normalized spacial score (nSPS) is 19.1. The van der Waals surface area contributed by atoms with Gasteiger partial charge >= 0.3 is 12.1 Å². The predicted molar refractivity (Wildman–Crippen MR) is 112 cm³/mol. The molecule has 1 atom stereocenters. The monoisotopic (exact) mass is 434 g/mol. The summed E-state index contributed by atoms with van der Waals surface area (Å²) in [7, 11) is 0. The Labute approximate surface area is 179 Å². The van der Waals surface area contributed by atoms with E-state index in [1.165, 1.54) is 6.07 Å². The fraction of sp³-hybridized carbons (Fsp3) is 0.435. The topological polar surface area (TPSA) is 53.0 Å². The van der Waals surface area contributed by atoms with Crippen molar-refractivity contribution < 1.29 is 27.8 Å². The number of rotatable bonds is 5. The van der Waals surface area contributed by atoms with Gasteiger partial charge in [0.1, 0.15) is 11.9 Å². The van der Waals surface area contributed by atoms with Crippen molar-refractivity contribution >= 4 is 23.0 Å². The minimum absolute atomic E-state index is 0.229. The zero-order valence-electron chi connectivity index (χ0n) is 17.4. The smallest absolute Gasteiger partial charge is 0.416 e. The molecule has 4 rings (SSSR count). The van der Waals surface area contributed by atoms with Crippen LogP contribution in [-0.4, -0.2) is 36.8 Å². The number of nitrogens with zero attached hydrogens (tertiary/aromatic N) is 2. The minimum atomic E-state index is -4.44. The van der Waals surface area contributed by atoms with Gasteiger partial charge in [-0.05, 0) is 48.7 Å². The van der Waals surface area contributed by atoms with E-state index in [1.54, 1.807) is 0 Å². The second-order valence-electron chi connectivity index (χ2n) is 8.62. The number of benzene rings is 2. The van der Waals surface area contributed by atoms with Gasteiger partial charge in [-0.2, -0.15) is 13.2 Å². The molecule has 0 bridgehead atoms. The van der Waals surface area contributed by atoms with Gasteiger partial charge in [-0.15, -0.1) is 0 Å². The van der Waals surface area contributed by atoms with Crippen LogP contribution in [0.4, 0.5) is 30.2 Å². The van der Waals surface area contributed by atoms with Crippen molar-refractivity contribution in [3.63, 3.8) is 0 Å². The molecule has 2 heterocycles. The van der Waals surface area contributed by atoms with Crippen LogP contribution in [0.2, 0.25) is 0 Å². The molecule has 1 unspecified atom stereocenters. The second kappa shape index (κ2) is 7.98. The Hall–Kier alpha value is -2.90. The van der Waals surface area contributed by atoms with Gasteiger partial charge < -0.3 is 19.6 Å². The third-order valence-corrected chi connectivity index (χ3v) is 5.73. The Morgan fingerprint density at radius 2 is 1.84 bits per heavy atom. The number of hydrogen-bond acceptors (Lipinski definition) is 4. The number of alkyl halides is 3. The van der Waals surface area contributed by atoms with Gasteiger partial charge in [0.2, 0.25) is 0 Å². The minimum Gasteiger partial charge on any atom is -0.486 e. The molecule has 2 aromatic carbocycles. The highest BCUT2D eigenvalue weighted by Crippen LogP contribution is 2.43. The standard InChI is InChI=1S/C23H25F3N2O3/c1-14(2)8-19-13-28(20-7-6-16(23(24,25)26)9-21(20)31-19)18-5-3-4-17(10-18)27-11-15(12-27)22(29)30/h3-7,9-10,14-15,19H,8,11-13H2,1-2H3,(H,29,30). The molecule has 166 valence electrons. The number of anilines is 3. The molecular weight excluding hydrogens is 409 g/mol. The average molecular weight is 434 g/mol. The van der Waals surface area contributed by atoms with E-state index in [1.807, 2.05) is 34.1 Å². The first-order valence-electron chi connectivity index (χ1n) is 10.3. The van der Waals surface area contributed by atoms with Crippen LogP contribution in [0.3, 0.4) is 0 Å². The fourth-order valence-electron chi connectivity index (χ4n) is 4.12. The molecule has 0 aromatic heterocycles. The number of fused-ring (bicyclic) bond motifs is 1. The molecule has 8 heteroatoms. The van der Waals surface area contributed by atoms with Crippen molar-refractivity contribution in [3.05, 3.63) is 48.0 Å². The molecule has 0 radical (unpaired) electrons. The summed E-state index contributed by atoms with van der Waals surface area (Å²) in [5.41, 5.74) is 1.60. The van der Waals surface area contributed by atoms with E-state index in [-0.39, 0.29) is 17.8 Å². The van der Waals surface area contributed by atoms with Crippen molar-refractivity contribution in [2.75, 3.05) is 29.4 Å². The lowest BCUT2D eigenvalue weighted by Gasteiger charge is -2.40. The Bertz CT molecular complexity index is 971. The molecule has 0 spiro atoms. The van der Waals surface area contributed by atoms with Crippen LogP contribution in [0, 0.1) is 11.8 Å². The van der Waals surface area contributed by atoms with Crippen LogP contribution in [-0.2, 0) is 11.0 Å². The molecule has 2 aliphatic heterocycles. The van der Waals surface area contributed by atoms with Gasteiger partial charge in [-0.1, -0.05) is 19.9 Å². The molecule has 31 heavy (non-hydrogen) atoms. The summed E-state index contributed by atoms with van der Waals surface area (Å²) < 4.78 is 45.7. The largest absolute Gasteiger partial charge is 0.486 e. The van der Waals surface area contributed by atoms with Crippen LogP contribution < -0.4 is 14.5 Å². The summed E-state index contributed by atoms with van der Waals surface area (Å²) in [4.78, 5) is 15.1. The van der Waals surface area contributed by atoms with Crippen molar-refractivity contribution in [2.45, 2.75) is 32.5 Å². The predicted octanol–water partition coefficient (Wildman–Crippen LogP) is 5.17. The maximum Gasteiger partial charge on any atom is 0.416 e. The molecule has 0 amide bonds. The van der Waals surface area contributed by atoms with Gasteiger partial charge in [-0.3, -0.25) is 4.79 Å². The van der Waals surface area contributed by atoms with Gasteiger partial charge in [0.25, 0.3) is 0 Å². The first kappa shape index (κ1) is 21.3. The highest BCUT2D eigenvalue weighted by atomic mass is 19.4. The molecule has 5 nitrogen and oxygen atoms in total. The van der Waals surface area contributed by atoms with Gasteiger partial charge in [0.15, 0.2) is 0 Å². The number of carboxylic acids is 1. The second-order valence-corrected chi connectivity index (χ2v) is 8.62. The molecule has 1 saturated heterocycles.